The van der Waals surface area contributed by atoms with Gasteiger partial charge in [-0.25, -0.2) is 0 Å². The van der Waals surface area contributed by atoms with Crippen LogP contribution < -0.4 is 5.32 Å². The average molecular weight is 242 g/mol. The summed E-state index contributed by atoms with van der Waals surface area (Å²) in [7, 11) is 1.94. The van der Waals surface area contributed by atoms with Crippen LogP contribution >= 0.6 is 0 Å². The summed E-state index contributed by atoms with van der Waals surface area (Å²) in [5.41, 5.74) is 2.57. The van der Waals surface area contributed by atoms with E-state index in [1.165, 1.54) is 11.1 Å². The van der Waals surface area contributed by atoms with Gasteiger partial charge >= 0.3 is 0 Å². The molecule has 0 aromatic heterocycles. The van der Waals surface area contributed by atoms with Crippen LogP contribution in [0.4, 0.5) is 0 Å². The summed E-state index contributed by atoms with van der Waals surface area (Å²) in [4.78, 5) is 0. The fourth-order valence-electron chi connectivity index (χ4n) is 2.54. The molecule has 1 saturated carbocycles. The van der Waals surface area contributed by atoms with E-state index in [2.05, 4.69) is 56.4 Å². The van der Waals surface area contributed by atoms with Crippen molar-refractivity contribution in [3.8, 4) is 6.07 Å². The van der Waals surface area contributed by atoms with Crippen LogP contribution in [0.1, 0.15) is 50.8 Å². The highest BCUT2D eigenvalue weighted by molar-refractivity contribution is 5.33. The van der Waals surface area contributed by atoms with E-state index in [1.54, 1.807) is 0 Å². The molecule has 1 aliphatic rings. The molecule has 2 nitrogen and oxygen atoms in total. The van der Waals surface area contributed by atoms with Gasteiger partial charge in [0.2, 0.25) is 0 Å². The molecule has 0 aliphatic heterocycles. The molecule has 0 spiro atoms. The van der Waals surface area contributed by atoms with Gasteiger partial charge in [0, 0.05) is 0 Å². The van der Waals surface area contributed by atoms with Crippen LogP contribution in [-0.4, -0.2) is 7.05 Å². The third-order valence-corrected chi connectivity index (χ3v) is 3.96. The maximum absolute atomic E-state index is 9.31. The Morgan fingerprint density at radius 2 is 1.78 bits per heavy atom. The lowest BCUT2D eigenvalue weighted by molar-refractivity contribution is 0.443. The first-order valence-corrected chi connectivity index (χ1v) is 6.62. The highest BCUT2D eigenvalue weighted by Crippen LogP contribution is 2.54. The molecule has 1 aliphatic carbocycles. The number of rotatable bonds is 3. The van der Waals surface area contributed by atoms with Crippen molar-refractivity contribution in [3.05, 3.63) is 35.4 Å². The zero-order valence-corrected chi connectivity index (χ0v) is 11.7. The Morgan fingerprint density at radius 3 is 2.11 bits per heavy atom. The Balaban J connectivity index is 2.27. The van der Waals surface area contributed by atoms with Gasteiger partial charge in [-0.05, 0) is 36.4 Å². The minimum absolute atomic E-state index is 0.163. The maximum Gasteiger partial charge on any atom is 0.0769 e. The number of nitriles is 1. The first-order valence-electron chi connectivity index (χ1n) is 6.62. The van der Waals surface area contributed by atoms with Crippen molar-refractivity contribution in [2.75, 3.05) is 7.05 Å². The Morgan fingerprint density at radius 1 is 1.22 bits per heavy atom. The summed E-state index contributed by atoms with van der Waals surface area (Å²) in [6.45, 7) is 6.65. The van der Waals surface area contributed by atoms with E-state index in [4.69, 9.17) is 0 Å². The van der Waals surface area contributed by atoms with Gasteiger partial charge in [-0.3, -0.25) is 0 Å². The maximum atomic E-state index is 9.31. The first-order chi connectivity index (χ1) is 8.43. The molecule has 0 saturated heterocycles. The molecule has 0 radical (unpaired) electrons. The molecule has 0 amide bonds. The molecule has 2 rings (SSSR count). The van der Waals surface area contributed by atoms with Crippen LogP contribution in [0.2, 0.25) is 0 Å². The van der Waals surface area contributed by atoms with E-state index in [1.807, 2.05) is 7.05 Å². The lowest BCUT2D eigenvalue weighted by atomic mass is 9.84. The Kier molecular flexibility index (Phi) is 3.21. The number of hydrogen-bond acceptors (Lipinski definition) is 2. The van der Waals surface area contributed by atoms with E-state index >= 15 is 0 Å². The second-order valence-corrected chi connectivity index (χ2v) is 6.36. The molecule has 1 fully saturated rings. The van der Waals surface area contributed by atoms with Gasteiger partial charge < -0.3 is 5.32 Å². The minimum Gasteiger partial charge on any atom is -0.312 e. The Bertz CT molecular complexity index is 455. The lowest BCUT2D eigenvalue weighted by Gasteiger charge is -2.24. The molecule has 1 unspecified atom stereocenters. The topological polar surface area (TPSA) is 35.8 Å². The monoisotopic (exact) mass is 242 g/mol. The van der Waals surface area contributed by atoms with Crippen molar-refractivity contribution < 1.29 is 0 Å². The summed E-state index contributed by atoms with van der Waals surface area (Å²) < 4.78 is 0. The largest absolute Gasteiger partial charge is 0.312 e. The van der Waals surface area contributed by atoms with E-state index < -0.39 is 0 Å². The van der Waals surface area contributed by atoms with E-state index in [0.717, 1.165) is 12.8 Å². The van der Waals surface area contributed by atoms with Crippen molar-refractivity contribution >= 4 is 0 Å². The van der Waals surface area contributed by atoms with Crippen LogP contribution in [0.15, 0.2) is 24.3 Å². The summed E-state index contributed by atoms with van der Waals surface area (Å²) >= 11 is 0. The van der Waals surface area contributed by atoms with Crippen LogP contribution in [-0.2, 0) is 5.41 Å². The number of nitrogens with one attached hydrogen (secondary N) is 1. The molecule has 18 heavy (non-hydrogen) atoms. The van der Waals surface area contributed by atoms with Gasteiger partial charge in [0.1, 0.15) is 0 Å². The van der Waals surface area contributed by atoms with Gasteiger partial charge in [0.25, 0.3) is 0 Å². The number of benzene rings is 1. The van der Waals surface area contributed by atoms with Crippen LogP contribution in [0.3, 0.4) is 0 Å². The Labute approximate surface area is 110 Å². The summed E-state index contributed by atoms with van der Waals surface area (Å²) in [5.74, 6) is 0. The van der Waals surface area contributed by atoms with E-state index in [0.29, 0.717) is 0 Å². The molecule has 1 N–H and O–H groups in total. The van der Waals surface area contributed by atoms with Gasteiger partial charge in [-0.15, -0.1) is 0 Å². The molecule has 2 heteroatoms. The Hall–Kier alpha value is -1.33. The van der Waals surface area contributed by atoms with Crippen molar-refractivity contribution in [3.63, 3.8) is 0 Å². The lowest BCUT2D eigenvalue weighted by Crippen LogP contribution is -2.25. The highest BCUT2D eigenvalue weighted by Gasteiger charge is 2.50. The predicted octanol–water partition coefficient (Wildman–Crippen LogP) is 3.55. The van der Waals surface area contributed by atoms with Gasteiger partial charge in [0.05, 0.1) is 17.5 Å². The number of nitrogens with zero attached hydrogens (tertiary/aromatic N) is 1. The molecule has 1 aromatic carbocycles. The third-order valence-electron chi connectivity index (χ3n) is 3.96. The van der Waals surface area contributed by atoms with Crippen molar-refractivity contribution in [2.45, 2.75) is 45.1 Å². The van der Waals surface area contributed by atoms with Crippen LogP contribution in [0.25, 0.3) is 0 Å². The fraction of sp³-hybridized carbons (Fsp3) is 0.562. The van der Waals surface area contributed by atoms with Gasteiger partial charge in [0.15, 0.2) is 0 Å². The van der Waals surface area contributed by atoms with Crippen LogP contribution in [0.5, 0.6) is 0 Å². The first kappa shape index (κ1) is 13.1. The zero-order chi connectivity index (χ0) is 13.4. The third kappa shape index (κ3) is 2.28. The van der Waals surface area contributed by atoms with Crippen LogP contribution in [0, 0.1) is 16.7 Å². The van der Waals surface area contributed by atoms with Gasteiger partial charge in [-0.2, -0.15) is 5.26 Å². The summed E-state index contributed by atoms with van der Waals surface area (Å²) in [6.07, 6.45) is 2.02. The SMILES string of the molecule is CNC(c1ccc(C(C)(C)C)cc1)C1(C#N)CC1. The minimum atomic E-state index is -0.169. The fourth-order valence-corrected chi connectivity index (χ4v) is 2.54. The second-order valence-electron chi connectivity index (χ2n) is 6.36. The smallest absolute Gasteiger partial charge is 0.0769 e. The van der Waals surface area contributed by atoms with Crippen molar-refractivity contribution in [2.24, 2.45) is 5.41 Å². The predicted molar refractivity (Wildman–Crippen MR) is 74.2 cm³/mol. The molecule has 96 valence electrons. The van der Waals surface area contributed by atoms with E-state index in [-0.39, 0.29) is 16.9 Å². The van der Waals surface area contributed by atoms with Crippen molar-refractivity contribution in [1.29, 1.82) is 5.26 Å². The molecular formula is C16H22N2. The van der Waals surface area contributed by atoms with E-state index in [9.17, 15) is 5.26 Å². The molecule has 0 heterocycles. The molecule has 1 atom stereocenters. The molecule has 1 aromatic rings. The quantitative estimate of drug-likeness (QED) is 0.880. The second kappa shape index (κ2) is 4.40. The average Bonchev–Trinajstić information content (AvgIpc) is 3.11. The zero-order valence-electron chi connectivity index (χ0n) is 11.7. The summed E-state index contributed by atoms with van der Waals surface area (Å²) in [6, 6.07) is 11.4. The van der Waals surface area contributed by atoms with Gasteiger partial charge in [-0.1, -0.05) is 45.0 Å². The standard InChI is InChI=1S/C16H22N2/c1-15(2,3)13-7-5-12(6-8-13)14(18-4)16(11-17)9-10-16/h5-8,14,18H,9-10H2,1-4H3. The van der Waals surface area contributed by atoms with Crippen molar-refractivity contribution in [1.82, 2.24) is 5.32 Å². The molecular weight excluding hydrogens is 220 g/mol. The normalized spacial score (nSPS) is 19.1. The molecule has 0 bridgehead atoms. The number of hydrogen-bond donors (Lipinski definition) is 1. The summed E-state index contributed by atoms with van der Waals surface area (Å²) in [5, 5.41) is 12.6. The highest BCUT2D eigenvalue weighted by atomic mass is 14.9.